The largest absolute Gasteiger partial charge is 2.00 e. The van der Waals surface area contributed by atoms with Crippen LogP contribution in [0.3, 0.4) is 0 Å². The van der Waals surface area contributed by atoms with Gasteiger partial charge in [0.15, 0.2) is 0 Å². The summed E-state index contributed by atoms with van der Waals surface area (Å²) in [5.41, 5.74) is 9.01. The Morgan fingerprint density at radius 1 is 0.613 bits per heavy atom. The molecule has 2 saturated heterocycles. The molecular formula is C20H34CoN4O6-2. The van der Waals surface area contributed by atoms with Crippen molar-refractivity contribution in [2.45, 2.75) is 114 Å². The molecule has 2 fully saturated rings. The second-order valence-electron chi connectivity index (χ2n) is 11.3. The third-order valence-electron chi connectivity index (χ3n) is 5.92. The van der Waals surface area contributed by atoms with Crippen molar-refractivity contribution in [3.63, 3.8) is 0 Å². The third kappa shape index (κ3) is 6.17. The van der Waals surface area contributed by atoms with Gasteiger partial charge in [0, 0.05) is 34.1 Å². The molecule has 0 spiro atoms. The van der Waals surface area contributed by atoms with Crippen LogP contribution in [0.1, 0.15) is 81.1 Å². The van der Waals surface area contributed by atoms with E-state index >= 15 is 0 Å². The van der Waals surface area contributed by atoms with Gasteiger partial charge in [-0.2, -0.15) is 0 Å². The molecule has 0 aromatic carbocycles. The zero-order chi connectivity index (χ0) is 24.1. The van der Waals surface area contributed by atoms with Crippen LogP contribution in [0, 0.1) is 0 Å². The molecule has 2 rings (SSSR count). The van der Waals surface area contributed by atoms with Gasteiger partial charge in [0.1, 0.15) is 0 Å². The first-order valence-corrected chi connectivity index (χ1v) is 9.90. The van der Waals surface area contributed by atoms with E-state index in [0.717, 1.165) is 10.1 Å². The number of hydrogen-bond donors (Lipinski definition) is 0. The van der Waals surface area contributed by atoms with E-state index in [-0.39, 0.29) is 42.5 Å². The number of nitrogens with zero attached hydrogens (tertiary/aromatic N) is 2. The molecule has 2 aliphatic rings. The van der Waals surface area contributed by atoms with E-state index in [1.54, 1.807) is 55.4 Å². The Hall–Kier alpha value is -0.794. The summed E-state index contributed by atoms with van der Waals surface area (Å²) in [6.07, 6.45) is -0.0188. The van der Waals surface area contributed by atoms with Crippen LogP contribution in [0.5, 0.6) is 0 Å². The van der Waals surface area contributed by atoms with Crippen molar-refractivity contribution in [3.05, 3.63) is 11.5 Å². The maximum Gasteiger partial charge on any atom is 2.00 e. The van der Waals surface area contributed by atoms with Crippen LogP contribution in [-0.2, 0) is 36.8 Å². The second kappa shape index (κ2) is 8.86. The van der Waals surface area contributed by atoms with Gasteiger partial charge in [-0.1, -0.05) is 11.1 Å². The molecule has 3 radical (unpaired) electrons. The van der Waals surface area contributed by atoms with Gasteiger partial charge in [0.25, 0.3) is 0 Å². The van der Waals surface area contributed by atoms with E-state index in [9.17, 15) is 30.2 Å². The molecule has 181 valence electrons. The SMILES string of the molecule is CC1(C)CC([NH-])(C(=O)[O-])CC(C)(C)N1[O].CC1(C)CC([NH-])(C(=O)[O-])CC(C)(C)N1[O].[Co+2]. The Balaban J connectivity index is 0.000000562. The zero-order valence-corrected chi connectivity index (χ0v) is 20.5. The first-order valence-electron chi connectivity index (χ1n) is 9.90. The Morgan fingerprint density at radius 3 is 0.903 bits per heavy atom. The first-order chi connectivity index (χ1) is 13.0. The molecule has 0 bridgehead atoms. The molecule has 11 heteroatoms. The molecule has 2 N–H and O–H groups in total. The molecule has 0 aromatic heterocycles. The van der Waals surface area contributed by atoms with E-state index in [2.05, 4.69) is 0 Å². The second-order valence-corrected chi connectivity index (χ2v) is 11.3. The maximum atomic E-state index is 11.9. The summed E-state index contributed by atoms with van der Waals surface area (Å²) < 4.78 is 0. The van der Waals surface area contributed by atoms with E-state index in [4.69, 9.17) is 11.5 Å². The summed E-state index contributed by atoms with van der Waals surface area (Å²) >= 11 is 0. The zero-order valence-electron chi connectivity index (χ0n) is 19.5. The Bertz CT molecular complexity index is 601. The average Bonchev–Trinajstić information content (AvgIpc) is 2.49. The van der Waals surface area contributed by atoms with Crippen molar-refractivity contribution in [1.82, 2.24) is 10.1 Å². The van der Waals surface area contributed by atoms with Gasteiger partial charge < -0.3 is 31.3 Å². The average molecular weight is 485 g/mol. The van der Waals surface area contributed by atoms with Crippen molar-refractivity contribution in [2.24, 2.45) is 0 Å². The molecule has 31 heavy (non-hydrogen) atoms. The van der Waals surface area contributed by atoms with Crippen LogP contribution in [0.15, 0.2) is 0 Å². The van der Waals surface area contributed by atoms with Crippen molar-refractivity contribution >= 4 is 11.9 Å². The van der Waals surface area contributed by atoms with Crippen LogP contribution < -0.4 is 10.2 Å². The number of hydroxylamine groups is 4. The van der Waals surface area contributed by atoms with E-state index < -0.39 is 45.2 Å². The summed E-state index contributed by atoms with van der Waals surface area (Å²) in [5, 5.41) is 47.5. The van der Waals surface area contributed by atoms with Gasteiger partial charge in [0.05, 0.1) is 0 Å². The van der Waals surface area contributed by atoms with Gasteiger partial charge in [-0.25, -0.2) is 0 Å². The molecule has 2 heterocycles. The topological polar surface area (TPSA) is 174 Å². The molecule has 0 amide bonds. The molecule has 2 aliphatic heterocycles. The number of rotatable bonds is 2. The fraction of sp³-hybridized carbons (Fsp3) is 0.900. The van der Waals surface area contributed by atoms with E-state index in [1.165, 1.54) is 0 Å². The number of hydrogen-bond acceptors (Lipinski definition) is 6. The van der Waals surface area contributed by atoms with Crippen molar-refractivity contribution < 1.29 is 47.0 Å². The van der Waals surface area contributed by atoms with Gasteiger partial charge in [-0.3, -0.25) is 0 Å². The molecule has 0 unspecified atom stereocenters. The van der Waals surface area contributed by atoms with Gasteiger partial charge in [0.2, 0.25) is 0 Å². The van der Waals surface area contributed by atoms with Crippen LogP contribution in [0.25, 0.3) is 11.5 Å². The smallest absolute Gasteiger partial charge is 0.667 e. The third-order valence-corrected chi connectivity index (χ3v) is 5.92. The van der Waals surface area contributed by atoms with Crippen LogP contribution >= 0.6 is 0 Å². The molecule has 0 aromatic rings. The summed E-state index contributed by atoms with van der Waals surface area (Å²) in [6.45, 7) is 13.3. The summed E-state index contributed by atoms with van der Waals surface area (Å²) in [6, 6.07) is 0. The monoisotopic (exact) mass is 485 g/mol. The van der Waals surface area contributed by atoms with E-state index in [0.29, 0.717) is 0 Å². The number of carboxylic acid groups (broad SMARTS) is 2. The fourth-order valence-electron chi connectivity index (χ4n) is 5.29. The summed E-state index contributed by atoms with van der Waals surface area (Å²) in [7, 11) is 0. The van der Waals surface area contributed by atoms with Crippen molar-refractivity contribution in [3.8, 4) is 0 Å². The number of nitrogens with one attached hydrogen (secondary N) is 2. The van der Waals surface area contributed by atoms with Crippen LogP contribution in [-0.4, -0.2) is 55.3 Å². The van der Waals surface area contributed by atoms with Crippen LogP contribution in [0.2, 0.25) is 0 Å². The van der Waals surface area contributed by atoms with Gasteiger partial charge >= 0.3 is 16.8 Å². The van der Waals surface area contributed by atoms with Crippen molar-refractivity contribution in [2.75, 3.05) is 0 Å². The van der Waals surface area contributed by atoms with Gasteiger partial charge in [-0.15, -0.1) is 20.5 Å². The van der Waals surface area contributed by atoms with Gasteiger partial charge in [-0.05, 0) is 81.1 Å². The minimum Gasteiger partial charge on any atom is -0.667 e. The number of aliphatic carboxylic acids is 2. The number of carboxylic acids is 2. The molecule has 0 atom stereocenters. The molecule has 10 nitrogen and oxygen atoms in total. The number of carbonyl (C=O) groups excluding carboxylic acids is 2. The minimum atomic E-state index is -1.66. The van der Waals surface area contributed by atoms with E-state index in [1.807, 2.05) is 0 Å². The summed E-state index contributed by atoms with van der Waals surface area (Å²) in [5.74, 6) is -2.78. The number of carbonyl (C=O) groups is 2. The molecule has 0 aliphatic carbocycles. The Labute approximate surface area is 195 Å². The maximum absolute atomic E-state index is 11.9. The summed E-state index contributed by atoms with van der Waals surface area (Å²) in [4.78, 5) is 21.9. The Kier molecular flexibility index (Phi) is 8.64. The molecular weight excluding hydrogens is 451 g/mol. The standard InChI is InChI=1S/2C10H18N2O3.Co/c2*1-8(2)5-10(11,7(13)14)6-9(3,4)12(8)15;/h2*11H,5-6H2,1-4H3,(H,13,14);/q2*-1;+2/p-2. The molecule has 0 saturated carbocycles. The predicted molar refractivity (Wildman–Crippen MR) is 104 cm³/mol. The fourth-order valence-corrected chi connectivity index (χ4v) is 5.29. The normalized spacial score (nSPS) is 27.7. The number of piperidine rings is 2. The van der Waals surface area contributed by atoms with Crippen LogP contribution in [0.4, 0.5) is 0 Å². The van der Waals surface area contributed by atoms with Crippen molar-refractivity contribution in [1.29, 1.82) is 0 Å². The Morgan fingerprint density at radius 2 is 0.774 bits per heavy atom. The minimum absolute atomic E-state index is 0. The first kappa shape index (κ1) is 30.2. The quantitative estimate of drug-likeness (QED) is 0.565. The predicted octanol–water partition coefficient (Wildman–Crippen LogP) is 1.05.